The van der Waals surface area contributed by atoms with Gasteiger partial charge >= 0.3 is 0 Å². The predicted molar refractivity (Wildman–Crippen MR) is 113 cm³/mol. The molecular weight excluding hydrogens is 406 g/mol. The number of nitrogens with zero attached hydrogens (tertiary/aromatic N) is 4. The Kier molecular flexibility index (Phi) is 4.32. The monoisotopic (exact) mass is 427 g/mol. The fraction of sp³-hybridized carbons (Fsp3) is 0.350. The van der Waals surface area contributed by atoms with E-state index < -0.39 is 9.84 Å². The molecule has 0 amide bonds. The van der Waals surface area contributed by atoms with Gasteiger partial charge in [0.15, 0.2) is 5.65 Å². The van der Waals surface area contributed by atoms with E-state index in [1.54, 1.807) is 24.3 Å². The summed E-state index contributed by atoms with van der Waals surface area (Å²) in [6, 6.07) is 7.68. The SMILES string of the molecule is Cc1ccc(C)c(S(=O)(=O)c2nnn3c2nc(NC2CCCC2)c2sccc23)c1. The van der Waals surface area contributed by atoms with Crippen molar-refractivity contribution in [3.63, 3.8) is 0 Å². The molecule has 4 aromatic rings. The van der Waals surface area contributed by atoms with Crippen LogP contribution in [0.4, 0.5) is 5.82 Å². The molecule has 1 aliphatic carbocycles. The van der Waals surface area contributed by atoms with E-state index in [9.17, 15) is 8.42 Å². The van der Waals surface area contributed by atoms with Gasteiger partial charge in [0.05, 0.1) is 15.1 Å². The summed E-state index contributed by atoms with van der Waals surface area (Å²) >= 11 is 1.57. The lowest BCUT2D eigenvalue weighted by Crippen LogP contribution is -2.16. The molecule has 0 bridgehead atoms. The summed E-state index contributed by atoms with van der Waals surface area (Å²) in [5.74, 6) is 0.717. The maximum Gasteiger partial charge on any atom is 0.229 e. The molecule has 5 rings (SSSR count). The van der Waals surface area contributed by atoms with E-state index >= 15 is 0 Å². The first-order valence-electron chi connectivity index (χ1n) is 9.66. The number of rotatable bonds is 4. The van der Waals surface area contributed by atoms with Crippen molar-refractivity contribution in [1.29, 1.82) is 0 Å². The van der Waals surface area contributed by atoms with Crippen molar-refractivity contribution >= 4 is 42.9 Å². The van der Waals surface area contributed by atoms with E-state index in [2.05, 4.69) is 15.6 Å². The minimum absolute atomic E-state index is 0.103. The molecule has 9 heteroatoms. The normalized spacial score (nSPS) is 15.5. The van der Waals surface area contributed by atoms with Crippen molar-refractivity contribution in [1.82, 2.24) is 19.8 Å². The fourth-order valence-electron chi connectivity index (χ4n) is 3.96. The number of fused-ring (bicyclic) bond motifs is 3. The zero-order chi connectivity index (χ0) is 20.2. The number of thiophene rings is 1. The first kappa shape index (κ1) is 18.5. The smallest absolute Gasteiger partial charge is 0.229 e. The molecule has 150 valence electrons. The standard InChI is InChI=1S/C20H21N5O2S2/c1-12-7-8-13(2)16(11-12)29(26,27)20-19-22-18(21-14-5-3-4-6-14)17-15(9-10-28-17)25(19)24-23-20/h7-11,14H,3-6H2,1-2H3,(H,21,22). The van der Waals surface area contributed by atoms with Gasteiger partial charge in [-0.15, -0.1) is 16.4 Å². The molecule has 29 heavy (non-hydrogen) atoms. The molecule has 1 aromatic carbocycles. The molecule has 0 radical (unpaired) electrons. The molecule has 0 aliphatic heterocycles. The molecule has 1 fully saturated rings. The molecular formula is C20H21N5O2S2. The van der Waals surface area contributed by atoms with Gasteiger partial charge in [-0.2, -0.15) is 4.52 Å². The number of hydrogen-bond acceptors (Lipinski definition) is 7. The van der Waals surface area contributed by atoms with Gasteiger partial charge in [0, 0.05) is 6.04 Å². The first-order valence-corrected chi connectivity index (χ1v) is 12.0. The second-order valence-corrected chi connectivity index (χ2v) is 10.4. The molecule has 0 spiro atoms. The van der Waals surface area contributed by atoms with E-state index in [-0.39, 0.29) is 15.6 Å². The molecule has 3 aromatic heterocycles. The highest BCUT2D eigenvalue weighted by Gasteiger charge is 2.29. The molecule has 0 saturated heterocycles. The Bertz CT molecular complexity index is 1330. The number of anilines is 1. The molecule has 0 unspecified atom stereocenters. The quantitative estimate of drug-likeness (QED) is 0.526. The van der Waals surface area contributed by atoms with Crippen LogP contribution in [-0.4, -0.2) is 34.3 Å². The number of benzene rings is 1. The van der Waals surface area contributed by atoms with Gasteiger partial charge in [-0.1, -0.05) is 30.2 Å². The van der Waals surface area contributed by atoms with Gasteiger partial charge in [0.25, 0.3) is 0 Å². The Morgan fingerprint density at radius 1 is 1.17 bits per heavy atom. The maximum atomic E-state index is 13.4. The highest BCUT2D eigenvalue weighted by atomic mass is 32.2. The van der Waals surface area contributed by atoms with Crippen LogP contribution < -0.4 is 5.32 Å². The van der Waals surface area contributed by atoms with E-state index in [1.807, 2.05) is 30.5 Å². The third-order valence-electron chi connectivity index (χ3n) is 5.51. The van der Waals surface area contributed by atoms with Gasteiger partial charge in [0.2, 0.25) is 14.9 Å². The van der Waals surface area contributed by atoms with Crippen molar-refractivity contribution in [3.8, 4) is 0 Å². The first-order chi connectivity index (χ1) is 13.9. The molecule has 3 heterocycles. The Labute approximate surface area is 172 Å². The Hall–Kier alpha value is -2.52. The van der Waals surface area contributed by atoms with Gasteiger partial charge in [-0.25, -0.2) is 13.4 Å². The number of hydrogen-bond donors (Lipinski definition) is 1. The van der Waals surface area contributed by atoms with Crippen LogP contribution >= 0.6 is 11.3 Å². The zero-order valence-electron chi connectivity index (χ0n) is 16.2. The van der Waals surface area contributed by atoms with Crippen LogP contribution in [0, 0.1) is 13.8 Å². The Balaban J connectivity index is 1.72. The number of nitrogens with one attached hydrogen (secondary N) is 1. The third kappa shape index (κ3) is 3.00. The summed E-state index contributed by atoms with van der Waals surface area (Å²) in [6.07, 6.45) is 4.61. The molecule has 1 aliphatic rings. The Morgan fingerprint density at radius 2 is 1.97 bits per heavy atom. The number of sulfone groups is 1. The van der Waals surface area contributed by atoms with Gasteiger partial charge < -0.3 is 5.32 Å². The highest BCUT2D eigenvalue weighted by Crippen LogP contribution is 2.33. The van der Waals surface area contributed by atoms with Crippen LogP contribution in [0.2, 0.25) is 0 Å². The molecule has 0 atom stereocenters. The summed E-state index contributed by atoms with van der Waals surface area (Å²) in [6.45, 7) is 3.66. The van der Waals surface area contributed by atoms with Crippen LogP contribution in [0.3, 0.4) is 0 Å². The Morgan fingerprint density at radius 3 is 2.76 bits per heavy atom. The van der Waals surface area contributed by atoms with Gasteiger partial charge in [-0.05, 0) is 55.3 Å². The van der Waals surface area contributed by atoms with Gasteiger partial charge in [-0.3, -0.25) is 0 Å². The topological polar surface area (TPSA) is 89.2 Å². The molecule has 7 nitrogen and oxygen atoms in total. The van der Waals surface area contributed by atoms with Crippen molar-refractivity contribution in [2.45, 2.75) is 55.5 Å². The maximum absolute atomic E-state index is 13.4. The largest absolute Gasteiger partial charge is 0.366 e. The lowest BCUT2D eigenvalue weighted by atomic mass is 10.2. The number of aryl methyl sites for hydroxylation is 2. The summed E-state index contributed by atoms with van der Waals surface area (Å²) in [5, 5.41) is 13.6. The predicted octanol–water partition coefficient (Wildman–Crippen LogP) is 4.14. The summed E-state index contributed by atoms with van der Waals surface area (Å²) in [5.41, 5.74) is 2.63. The minimum Gasteiger partial charge on any atom is -0.366 e. The van der Waals surface area contributed by atoms with Crippen LogP contribution in [-0.2, 0) is 9.84 Å². The van der Waals surface area contributed by atoms with E-state index in [1.165, 1.54) is 17.4 Å². The second kappa shape index (κ2) is 6.77. The third-order valence-corrected chi connectivity index (χ3v) is 8.21. The van der Waals surface area contributed by atoms with E-state index in [4.69, 9.17) is 4.98 Å². The van der Waals surface area contributed by atoms with Crippen LogP contribution in [0.15, 0.2) is 39.6 Å². The highest BCUT2D eigenvalue weighted by molar-refractivity contribution is 7.91. The van der Waals surface area contributed by atoms with Crippen molar-refractivity contribution in [2.75, 3.05) is 5.32 Å². The summed E-state index contributed by atoms with van der Waals surface area (Å²) in [4.78, 5) is 4.95. The fourth-order valence-corrected chi connectivity index (χ4v) is 6.34. The number of aromatic nitrogens is 4. The van der Waals surface area contributed by atoms with Crippen LogP contribution in [0.5, 0.6) is 0 Å². The lowest BCUT2D eigenvalue weighted by Gasteiger charge is -2.14. The second-order valence-electron chi connectivity index (χ2n) is 7.62. The summed E-state index contributed by atoms with van der Waals surface area (Å²) < 4.78 is 29.4. The average Bonchev–Trinajstić information content (AvgIpc) is 3.43. The minimum atomic E-state index is -3.85. The summed E-state index contributed by atoms with van der Waals surface area (Å²) in [7, 11) is -3.85. The van der Waals surface area contributed by atoms with Gasteiger partial charge in [0.1, 0.15) is 5.82 Å². The van der Waals surface area contributed by atoms with Crippen molar-refractivity contribution < 1.29 is 8.42 Å². The van der Waals surface area contributed by atoms with Crippen LogP contribution in [0.1, 0.15) is 36.8 Å². The van der Waals surface area contributed by atoms with E-state index in [0.717, 1.165) is 28.6 Å². The van der Waals surface area contributed by atoms with Crippen molar-refractivity contribution in [2.24, 2.45) is 0 Å². The van der Waals surface area contributed by atoms with Crippen molar-refractivity contribution in [3.05, 3.63) is 40.8 Å². The van der Waals surface area contributed by atoms with Crippen LogP contribution in [0.25, 0.3) is 15.9 Å². The molecule has 1 N–H and O–H groups in total. The average molecular weight is 428 g/mol. The van der Waals surface area contributed by atoms with E-state index in [0.29, 0.717) is 17.4 Å². The molecule has 1 saturated carbocycles. The zero-order valence-corrected chi connectivity index (χ0v) is 17.8. The lowest BCUT2D eigenvalue weighted by molar-refractivity contribution is 0.592.